The molecule has 0 saturated carbocycles. The van der Waals surface area contributed by atoms with E-state index in [1.165, 1.54) is 77.0 Å². The summed E-state index contributed by atoms with van der Waals surface area (Å²) >= 11 is 0. The van der Waals surface area contributed by atoms with Gasteiger partial charge in [0.05, 0.1) is 22.1 Å². The minimum absolute atomic E-state index is 0.0965. The lowest BCUT2D eigenvalue weighted by Gasteiger charge is -2.28. The second-order valence-electron chi connectivity index (χ2n) is 16.5. The van der Waals surface area contributed by atoms with Crippen molar-refractivity contribution in [2.45, 2.75) is 19.3 Å². The van der Waals surface area contributed by atoms with Crippen LogP contribution in [0.15, 0.2) is 212 Å². The second kappa shape index (κ2) is 13.2. The number of benzene rings is 9. The number of hydrogen-bond acceptors (Lipinski definition) is 1. The van der Waals surface area contributed by atoms with Gasteiger partial charge < -0.3 is 14.0 Å². The van der Waals surface area contributed by atoms with E-state index in [9.17, 15) is 0 Å². The largest absolute Gasteiger partial charge is 0.310 e. The summed E-state index contributed by atoms with van der Waals surface area (Å²) in [6, 6.07) is 77.8. The second-order valence-corrected chi connectivity index (χ2v) is 16.5. The van der Waals surface area contributed by atoms with Crippen LogP contribution in [0.1, 0.15) is 25.0 Å². The third kappa shape index (κ3) is 5.02. The summed E-state index contributed by atoms with van der Waals surface area (Å²) in [6.45, 7) is 4.71. The highest BCUT2D eigenvalue weighted by Gasteiger charge is 2.36. The molecule has 0 saturated heterocycles. The molecule has 0 spiro atoms. The molecule has 60 heavy (non-hydrogen) atoms. The molecule has 2 aromatic heterocycles. The molecular weight excluding hydrogens is 727 g/mol. The molecule has 1 aliphatic rings. The summed E-state index contributed by atoms with van der Waals surface area (Å²) < 4.78 is 4.94. The molecule has 0 N–H and O–H groups in total. The van der Waals surface area contributed by atoms with Gasteiger partial charge >= 0.3 is 0 Å². The first-order valence-corrected chi connectivity index (χ1v) is 20.9. The van der Waals surface area contributed by atoms with Crippen molar-refractivity contribution in [1.82, 2.24) is 9.13 Å². The molecule has 0 fully saturated rings. The van der Waals surface area contributed by atoms with E-state index in [-0.39, 0.29) is 5.41 Å². The summed E-state index contributed by atoms with van der Waals surface area (Å²) in [5.74, 6) is 0. The van der Waals surface area contributed by atoms with Gasteiger partial charge in [0.15, 0.2) is 0 Å². The summed E-state index contributed by atoms with van der Waals surface area (Å²) in [6.07, 6.45) is 0. The van der Waals surface area contributed by atoms with E-state index >= 15 is 0 Å². The smallest absolute Gasteiger partial charge is 0.0795 e. The molecule has 0 aliphatic heterocycles. The molecule has 9 aromatic carbocycles. The zero-order chi connectivity index (χ0) is 40.0. The maximum Gasteiger partial charge on any atom is 0.0795 e. The Hall–Kier alpha value is -7.62. The quantitative estimate of drug-likeness (QED) is 0.164. The SMILES string of the molecule is CC1(C)c2ccccc2-c2ccc(N(c3ccccc3)c3ccc(-c4cc5c6ccccc6n(-c6ccccc6)c5c5c4c4ccccc4n5-c4ccccc4)cc3)cc21. The summed E-state index contributed by atoms with van der Waals surface area (Å²) in [5.41, 5.74) is 18.2. The Balaban J connectivity index is 1.11. The highest BCUT2D eigenvalue weighted by atomic mass is 15.1. The Morgan fingerprint density at radius 3 is 1.58 bits per heavy atom. The van der Waals surface area contributed by atoms with Crippen molar-refractivity contribution < 1.29 is 0 Å². The lowest BCUT2D eigenvalue weighted by atomic mass is 9.82. The van der Waals surface area contributed by atoms with Crippen LogP contribution in [0.25, 0.3) is 77.2 Å². The number of fused-ring (bicyclic) bond motifs is 10. The van der Waals surface area contributed by atoms with Crippen LogP contribution in [-0.4, -0.2) is 9.13 Å². The molecule has 0 atom stereocenters. The monoisotopic (exact) mass is 767 g/mol. The van der Waals surface area contributed by atoms with Crippen molar-refractivity contribution in [2.24, 2.45) is 0 Å². The molecular formula is C57H41N3. The average Bonchev–Trinajstić information content (AvgIpc) is 3.91. The minimum Gasteiger partial charge on any atom is -0.310 e. The first-order chi connectivity index (χ1) is 29.6. The van der Waals surface area contributed by atoms with E-state index in [1.807, 2.05) is 0 Å². The van der Waals surface area contributed by atoms with Gasteiger partial charge in [0, 0.05) is 55.4 Å². The first-order valence-electron chi connectivity index (χ1n) is 20.9. The lowest BCUT2D eigenvalue weighted by Crippen LogP contribution is -2.16. The van der Waals surface area contributed by atoms with Gasteiger partial charge in [0.1, 0.15) is 0 Å². The maximum absolute atomic E-state index is 2.48. The molecule has 0 bridgehead atoms. The van der Waals surface area contributed by atoms with E-state index in [0.29, 0.717) is 0 Å². The summed E-state index contributed by atoms with van der Waals surface area (Å²) in [5, 5.41) is 4.94. The molecule has 0 unspecified atom stereocenters. The Morgan fingerprint density at radius 1 is 0.367 bits per heavy atom. The predicted octanol–water partition coefficient (Wildman–Crippen LogP) is 15.3. The Labute approximate surface area is 349 Å². The fourth-order valence-corrected chi connectivity index (χ4v) is 10.2. The number of nitrogens with zero attached hydrogens (tertiary/aromatic N) is 3. The van der Waals surface area contributed by atoms with Crippen LogP contribution in [0.4, 0.5) is 17.1 Å². The van der Waals surface area contributed by atoms with Gasteiger partial charge in [-0.15, -0.1) is 0 Å². The molecule has 0 radical (unpaired) electrons. The highest BCUT2D eigenvalue weighted by molar-refractivity contribution is 6.28. The molecule has 12 rings (SSSR count). The molecule has 1 aliphatic carbocycles. The van der Waals surface area contributed by atoms with Crippen LogP contribution in [0, 0.1) is 0 Å². The molecule has 0 amide bonds. The molecule has 11 aromatic rings. The fraction of sp³-hybridized carbons (Fsp3) is 0.0526. The zero-order valence-electron chi connectivity index (χ0n) is 33.5. The normalized spacial score (nSPS) is 13.0. The topological polar surface area (TPSA) is 13.1 Å². The number of aromatic nitrogens is 2. The van der Waals surface area contributed by atoms with Gasteiger partial charge in [-0.1, -0.05) is 147 Å². The van der Waals surface area contributed by atoms with Crippen molar-refractivity contribution >= 4 is 60.7 Å². The van der Waals surface area contributed by atoms with E-state index in [0.717, 1.165) is 28.4 Å². The van der Waals surface area contributed by atoms with Crippen molar-refractivity contribution in [2.75, 3.05) is 4.90 Å². The van der Waals surface area contributed by atoms with Crippen LogP contribution in [0.3, 0.4) is 0 Å². The van der Waals surface area contributed by atoms with Crippen LogP contribution >= 0.6 is 0 Å². The van der Waals surface area contributed by atoms with Crippen LogP contribution in [0.2, 0.25) is 0 Å². The fourth-order valence-electron chi connectivity index (χ4n) is 10.2. The highest BCUT2D eigenvalue weighted by Crippen LogP contribution is 2.51. The Kier molecular flexibility index (Phi) is 7.58. The number of para-hydroxylation sites is 5. The average molecular weight is 768 g/mol. The standard InChI is InChI=1S/C57H41N3/c1-57(2)50-27-15-12-24-44(50)45-35-34-43(36-51(45)57)58(39-18-6-3-7-19-39)42-32-30-38(31-33-42)48-37-49-46-25-13-16-28-52(46)59(40-20-8-4-9-21-40)55(49)56-54(48)47-26-14-17-29-53(47)60(56)41-22-10-5-11-23-41/h3-37H,1-2H3. The third-order valence-electron chi connectivity index (χ3n) is 12.9. The minimum atomic E-state index is -0.0965. The van der Waals surface area contributed by atoms with Crippen LogP contribution in [-0.2, 0) is 5.41 Å². The van der Waals surface area contributed by atoms with Gasteiger partial charge in [0.25, 0.3) is 0 Å². The van der Waals surface area contributed by atoms with Gasteiger partial charge in [0.2, 0.25) is 0 Å². The number of rotatable bonds is 6. The van der Waals surface area contributed by atoms with Crippen molar-refractivity contribution in [1.29, 1.82) is 0 Å². The summed E-state index contributed by atoms with van der Waals surface area (Å²) in [4.78, 5) is 2.40. The van der Waals surface area contributed by atoms with Gasteiger partial charge in [-0.05, 0) is 112 Å². The predicted molar refractivity (Wildman–Crippen MR) is 253 cm³/mol. The van der Waals surface area contributed by atoms with Gasteiger partial charge in [-0.2, -0.15) is 0 Å². The Bertz CT molecular complexity index is 3430. The first kappa shape index (κ1) is 34.4. The number of anilines is 3. The third-order valence-corrected chi connectivity index (χ3v) is 12.9. The van der Waals surface area contributed by atoms with E-state index in [1.54, 1.807) is 0 Å². The molecule has 284 valence electrons. The van der Waals surface area contributed by atoms with E-state index in [2.05, 4.69) is 240 Å². The Morgan fingerprint density at radius 2 is 0.883 bits per heavy atom. The van der Waals surface area contributed by atoms with Crippen molar-refractivity contribution in [3.05, 3.63) is 223 Å². The van der Waals surface area contributed by atoms with E-state index < -0.39 is 0 Å². The van der Waals surface area contributed by atoms with Gasteiger partial charge in [-0.25, -0.2) is 0 Å². The van der Waals surface area contributed by atoms with Gasteiger partial charge in [-0.3, -0.25) is 0 Å². The molecule has 3 heteroatoms. The number of hydrogen-bond donors (Lipinski definition) is 0. The van der Waals surface area contributed by atoms with Crippen molar-refractivity contribution in [3.8, 4) is 33.6 Å². The zero-order valence-corrected chi connectivity index (χ0v) is 33.5. The molecule has 2 heterocycles. The summed E-state index contributed by atoms with van der Waals surface area (Å²) in [7, 11) is 0. The van der Waals surface area contributed by atoms with Crippen molar-refractivity contribution in [3.63, 3.8) is 0 Å². The maximum atomic E-state index is 2.48. The van der Waals surface area contributed by atoms with Crippen LogP contribution < -0.4 is 4.90 Å². The van der Waals surface area contributed by atoms with Crippen LogP contribution in [0.5, 0.6) is 0 Å². The molecule has 3 nitrogen and oxygen atoms in total. The van der Waals surface area contributed by atoms with E-state index in [4.69, 9.17) is 0 Å². The lowest BCUT2D eigenvalue weighted by molar-refractivity contribution is 0.660.